The zero-order chi connectivity index (χ0) is 12.0. The molecule has 6 heteroatoms. The van der Waals surface area contributed by atoms with Crippen LogP contribution in [0, 0.1) is 0 Å². The van der Waals surface area contributed by atoms with Gasteiger partial charge in [0.05, 0.1) is 6.54 Å². The Morgan fingerprint density at radius 2 is 2.19 bits per heavy atom. The molecule has 1 aromatic rings. The van der Waals surface area contributed by atoms with Gasteiger partial charge in [0.25, 0.3) is 5.91 Å². The molecule has 5 nitrogen and oxygen atoms in total. The summed E-state index contributed by atoms with van der Waals surface area (Å²) < 4.78 is 0. The number of aromatic nitrogens is 1. The van der Waals surface area contributed by atoms with E-state index in [1.807, 2.05) is 0 Å². The fourth-order valence-corrected chi connectivity index (χ4v) is 1.20. The van der Waals surface area contributed by atoms with Gasteiger partial charge in [-0.05, 0) is 19.1 Å². The van der Waals surface area contributed by atoms with Crippen LogP contribution in [0.3, 0.4) is 0 Å². The smallest absolute Gasteiger partial charge is 0.270 e. The van der Waals surface area contributed by atoms with Crippen molar-refractivity contribution in [3.63, 3.8) is 0 Å². The van der Waals surface area contributed by atoms with Crippen LogP contribution in [0.15, 0.2) is 18.3 Å². The van der Waals surface area contributed by atoms with Crippen molar-refractivity contribution >= 4 is 23.4 Å². The van der Waals surface area contributed by atoms with E-state index >= 15 is 0 Å². The molecule has 0 unspecified atom stereocenters. The molecule has 0 fully saturated rings. The Bertz CT molecular complexity index is 395. The van der Waals surface area contributed by atoms with Gasteiger partial charge in [-0.3, -0.25) is 14.6 Å². The van der Waals surface area contributed by atoms with Crippen LogP contribution in [0.4, 0.5) is 0 Å². The van der Waals surface area contributed by atoms with Gasteiger partial charge in [-0.25, -0.2) is 0 Å². The van der Waals surface area contributed by atoms with E-state index in [0.29, 0.717) is 11.6 Å². The van der Waals surface area contributed by atoms with E-state index in [0.717, 1.165) is 0 Å². The highest BCUT2D eigenvalue weighted by atomic mass is 35.5. The van der Waals surface area contributed by atoms with Crippen molar-refractivity contribution in [2.24, 2.45) is 0 Å². The molecule has 1 aromatic heterocycles. The quantitative estimate of drug-likeness (QED) is 0.811. The number of nitrogens with one attached hydrogen (secondary N) is 2. The molecule has 0 spiro atoms. The first-order valence-electron chi connectivity index (χ1n) is 4.80. The molecule has 0 aliphatic rings. The minimum Gasteiger partial charge on any atom is -0.355 e. The summed E-state index contributed by atoms with van der Waals surface area (Å²) in [4.78, 5) is 26.4. The third-order valence-electron chi connectivity index (χ3n) is 1.74. The molecule has 0 saturated carbocycles. The Kier molecular flexibility index (Phi) is 4.72. The van der Waals surface area contributed by atoms with Gasteiger partial charge in [-0.2, -0.15) is 0 Å². The van der Waals surface area contributed by atoms with E-state index in [1.165, 1.54) is 12.3 Å². The molecule has 0 bridgehead atoms. The number of carbonyl (C=O) groups excluding carboxylic acids is 2. The van der Waals surface area contributed by atoms with Crippen LogP contribution in [-0.2, 0) is 4.79 Å². The van der Waals surface area contributed by atoms with Gasteiger partial charge in [0.15, 0.2) is 0 Å². The van der Waals surface area contributed by atoms with Crippen molar-refractivity contribution in [1.82, 2.24) is 15.6 Å². The fraction of sp³-hybridized carbons (Fsp3) is 0.300. The first kappa shape index (κ1) is 12.4. The van der Waals surface area contributed by atoms with Gasteiger partial charge in [-0.1, -0.05) is 11.6 Å². The Hall–Kier alpha value is -1.62. The van der Waals surface area contributed by atoms with Crippen LogP contribution in [0.1, 0.15) is 17.4 Å². The van der Waals surface area contributed by atoms with Crippen LogP contribution < -0.4 is 10.6 Å². The first-order chi connectivity index (χ1) is 7.63. The third-order valence-corrected chi connectivity index (χ3v) is 1.97. The molecule has 0 saturated heterocycles. The number of hydrogen-bond donors (Lipinski definition) is 2. The van der Waals surface area contributed by atoms with E-state index in [9.17, 15) is 9.59 Å². The average molecular weight is 242 g/mol. The molecule has 2 amide bonds. The molecule has 0 aliphatic carbocycles. The Balaban J connectivity index is 2.50. The number of halogens is 1. The molecule has 86 valence electrons. The topological polar surface area (TPSA) is 71.1 Å². The summed E-state index contributed by atoms with van der Waals surface area (Å²) in [6.07, 6.45) is 1.43. The molecule has 0 radical (unpaired) electrons. The number of nitrogens with zero attached hydrogens (tertiary/aromatic N) is 1. The van der Waals surface area contributed by atoms with E-state index in [-0.39, 0.29) is 18.1 Å². The molecule has 0 aliphatic heterocycles. The average Bonchev–Trinajstić information content (AvgIpc) is 2.26. The van der Waals surface area contributed by atoms with Crippen molar-refractivity contribution in [3.8, 4) is 0 Å². The van der Waals surface area contributed by atoms with Crippen molar-refractivity contribution < 1.29 is 9.59 Å². The van der Waals surface area contributed by atoms with E-state index in [2.05, 4.69) is 15.6 Å². The second kappa shape index (κ2) is 6.07. The lowest BCUT2D eigenvalue weighted by molar-refractivity contribution is -0.120. The van der Waals surface area contributed by atoms with E-state index in [4.69, 9.17) is 11.6 Å². The third kappa shape index (κ3) is 3.86. The molecule has 1 heterocycles. The molecular weight excluding hydrogens is 230 g/mol. The highest BCUT2D eigenvalue weighted by molar-refractivity contribution is 6.30. The van der Waals surface area contributed by atoms with Gasteiger partial charge in [0.2, 0.25) is 5.91 Å². The van der Waals surface area contributed by atoms with Crippen LogP contribution >= 0.6 is 11.6 Å². The van der Waals surface area contributed by atoms with Gasteiger partial charge >= 0.3 is 0 Å². The molecule has 1 rings (SSSR count). The zero-order valence-corrected chi connectivity index (χ0v) is 9.54. The van der Waals surface area contributed by atoms with Crippen molar-refractivity contribution in [2.75, 3.05) is 13.1 Å². The molecule has 2 N–H and O–H groups in total. The maximum Gasteiger partial charge on any atom is 0.270 e. The predicted octanol–water partition coefficient (Wildman–Crippen LogP) is 0.601. The maximum absolute atomic E-state index is 11.5. The number of rotatable bonds is 4. The Labute approximate surface area is 98.2 Å². The fourth-order valence-electron chi connectivity index (χ4n) is 1.04. The van der Waals surface area contributed by atoms with Crippen LogP contribution in [0.25, 0.3) is 0 Å². The minimum atomic E-state index is -0.422. The second-order valence-corrected chi connectivity index (χ2v) is 3.43. The zero-order valence-electron chi connectivity index (χ0n) is 8.79. The summed E-state index contributed by atoms with van der Waals surface area (Å²) in [5.41, 5.74) is 0.191. The summed E-state index contributed by atoms with van der Waals surface area (Å²) >= 11 is 5.70. The molecule has 16 heavy (non-hydrogen) atoms. The predicted molar refractivity (Wildman–Crippen MR) is 60.3 cm³/mol. The number of pyridine rings is 1. The normalized spacial score (nSPS) is 9.62. The Morgan fingerprint density at radius 3 is 2.81 bits per heavy atom. The standard InChI is InChI=1S/C10H12ClN3O2/c1-2-12-9(15)6-14-10(16)8-5-7(11)3-4-13-8/h3-5H,2,6H2,1H3,(H,12,15)(H,14,16). The van der Waals surface area contributed by atoms with E-state index < -0.39 is 5.91 Å². The number of carbonyl (C=O) groups is 2. The van der Waals surface area contributed by atoms with Crippen molar-refractivity contribution in [3.05, 3.63) is 29.0 Å². The number of amides is 2. The maximum atomic E-state index is 11.5. The van der Waals surface area contributed by atoms with Gasteiger partial charge in [-0.15, -0.1) is 0 Å². The Morgan fingerprint density at radius 1 is 1.44 bits per heavy atom. The molecule has 0 aromatic carbocycles. The summed E-state index contributed by atoms with van der Waals surface area (Å²) in [5.74, 6) is -0.661. The number of hydrogen-bond acceptors (Lipinski definition) is 3. The van der Waals surface area contributed by atoms with Crippen molar-refractivity contribution in [1.29, 1.82) is 0 Å². The number of likely N-dealkylation sites (N-methyl/N-ethyl adjacent to an activating group) is 1. The largest absolute Gasteiger partial charge is 0.355 e. The van der Waals surface area contributed by atoms with Gasteiger partial charge in [0.1, 0.15) is 5.69 Å². The second-order valence-electron chi connectivity index (χ2n) is 3.00. The summed E-state index contributed by atoms with van der Waals surface area (Å²) in [7, 11) is 0. The SMILES string of the molecule is CCNC(=O)CNC(=O)c1cc(Cl)ccn1. The summed E-state index contributed by atoms with van der Waals surface area (Å²) in [6, 6.07) is 3.01. The lowest BCUT2D eigenvalue weighted by Crippen LogP contribution is -2.37. The first-order valence-corrected chi connectivity index (χ1v) is 5.17. The summed E-state index contributed by atoms with van der Waals surface area (Å²) in [6.45, 7) is 2.27. The highest BCUT2D eigenvalue weighted by Gasteiger charge is 2.08. The van der Waals surface area contributed by atoms with Crippen LogP contribution in [0.2, 0.25) is 5.02 Å². The van der Waals surface area contributed by atoms with E-state index in [1.54, 1.807) is 13.0 Å². The monoisotopic (exact) mass is 241 g/mol. The summed E-state index contributed by atoms with van der Waals surface area (Å²) in [5, 5.41) is 5.43. The van der Waals surface area contributed by atoms with Gasteiger partial charge in [0, 0.05) is 17.8 Å². The minimum absolute atomic E-state index is 0.0686. The van der Waals surface area contributed by atoms with Crippen LogP contribution in [-0.4, -0.2) is 29.9 Å². The lowest BCUT2D eigenvalue weighted by Gasteiger charge is -2.04. The molecule has 0 atom stereocenters. The van der Waals surface area contributed by atoms with Crippen molar-refractivity contribution in [2.45, 2.75) is 6.92 Å². The van der Waals surface area contributed by atoms with Crippen LogP contribution in [0.5, 0.6) is 0 Å². The lowest BCUT2D eigenvalue weighted by atomic mass is 10.3. The molecular formula is C10H12ClN3O2. The van der Waals surface area contributed by atoms with Gasteiger partial charge < -0.3 is 10.6 Å². The highest BCUT2D eigenvalue weighted by Crippen LogP contribution is 2.07.